The molecule has 0 spiro atoms. The number of aliphatic carboxylic acids is 1. The van der Waals surface area contributed by atoms with Crippen LogP contribution in [0.1, 0.15) is 11.5 Å². The van der Waals surface area contributed by atoms with Crippen LogP contribution in [-0.2, 0) is 9.59 Å². The van der Waals surface area contributed by atoms with Crippen molar-refractivity contribution in [3.63, 3.8) is 0 Å². The molecule has 1 heterocycles. The molecular weight excluding hydrogens is 242 g/mol. The van der Waals surface area contributed by atoms with Crippen LogP contribution in [0.15, 0.2) is 42.5 Å². The summed E-state index contributed by atoms with van der Waals surface area (Å²) >= 11 is 0. The van der Waals surface area contributed by atoms with Gasteiger partial charge in [0, 0.05) is 12.5 Å². The Bertz CT molecular complexity index is 660. The average molecular weight is 255 g/mol. The molecule has 0 bridgehead atoms. The van der Waals surface area contributed by atoms with Gasteiger partial charge < -0.3 is 10.4 Å². The van der Waals surface area contributed by atoms with Crippen LogP contribution in [-0.4, -0.2) is 23.5 Å². The number of hydrogen-bond acceptors (Lipinski definition) is 2. The van der Waals surface area contributed by atoms with Crippen molar-refractivity contribution in [2.24, 2.45) is 5.92 Å². The van der Waals surface area contributed by atoms with Gasteiger partial charge in [0.1, 0.15) is 5.92 Å². The lowest BCUT2D eigenvalue weighted by Gasteiger charge is -2.15. The molecule has 4 heteroatoms. The zero-order valence-electron chi connectivity index (χ0n) is 10.2. The number of hydrogen-bond donors (Lipinski definition) is 2. The van der Waals surface area contributed by atoms with E-state index in [1.165, 1.54) is 0 Å². The second-order valence-electron chi connectivity index (χ2n) is 4.74. The van der Waals surface area contributed by atoms with Crippen LogP contribution < -0.4 is 5.32 Å². The van der Waals surface area contributed by atoms with E-state index >= 15 is 0 Å². The zero-order chi connectivity index (χ0) is 13.4. The second-order valence-corrected chi connectivity index (χ2v) is 4.74. The molecule has 0 unspecified atom stereocenters. The number of rotatable bonds is 2. The van der Waals surface area contributed by atoms with Crippen LogP contribution >= 0.6 is 0 Å². The summed E-state index contributed by atoms with van der Waals surface area (Å²) in [6.45, 7) is 0.379. The van der Waals surface area contributed by atoms with Crippen molar-refractivity contribution in [3.8, 4) is 0 Å². The number of benzene rings is 2. The minimum Gasteiger partial charge on any atom is -0.481 e. The predicted octanol–water partition coefficient (Wildman–Crippen LogP) is 1.75. The molecule has 3 rings (SSSR count). The van der Waals surface area contributed by atoms with E-state index in [1.54, 1.807) is 0 Å². The summed E-state index contributed by atoms with van der Waals surface area (Å²) in [6.07, 6.45) is 0. The highest BCUT2D eigenvalue weighted by Gasteiger charge is 2.41. The van der Waals surface area contributed by atoms with Crippen LogP contribution in [0.25, 0.3) is 10.8 Å². The van der Waals surface area contributed by atoms with Gasteiger partial charge in [0.25, 0.3) is 0 Å². The number of fused-ring (bicyclic) bond motifs is 1. The molecule has 2 N–H and O–H groups in total. The molecule has 96 valence electrons. The lowest BCUT2D eigenvalue weighted by Crippen LogP contribution is -2.26. The van der Waals surface area contributed by atoms with Crippen molar-refractivity contribution in [1.82, 2.24) is 5.32 Å². The summed E-state index contributed by atoms with van der Waals surface area (Å²) in [7, 11) is 0. The molecule has 0 saturated carbocycles. The highest BCUT2D eigenvalue weighted by molar-refractivity contribution is 6.01. The maximum absolute atomic E-state index is 11.6. The molecule has 1 saturated heterocycles. The molecular formula is C15H13NO3. The Hall–Kier alpha value is -2.36. The fraction of sp³-hybridized carbons (Fsp3) is 0.200. The first kappa shape index (κ1) is 11.7. The summed E-state index contributed by atoms with van der Waals surface area (Å²) in [6, 6.07) is 13.6. The highest BCUT2D eigenvalue weighted by atomic mass is 16.4. The molecule has 4 nitrogen and oxygen atoms in total. The number of carbonyl (C=O) groups is 2. The summed E-state index contributed by atoms with van der Waals surface area (Å²) in [5, 5.41) is 13.9. The van der Waals surface area contributed by atoms with Gasteiger partial charge in [-0.3, -0.25) is 9.59 Å². The standard InChI is InChI=1S/C15H13NO3/c17-14-13(15(18)19)12(8-16-14)11-7-3-5-9-4-1-2-6-10(9)11/h1-7,12-13H,8H2,(H,16,17)(H,18,19)/t12-,13+/m0/s1. The predicted molar refractivity (Wildman–Crippen MR) is 70.8 cm³/mol. The number of carboxylic acid groups (broad SMARTS) is 1. The van der Waals surface area contributed by atoms with Gasteiger partial charge in [0.05, 0.1) is 0 Å². The largest absolute Gasteiger partial charge is 0.481 e. The second kappa shape index (κ2) is 4.39. The third-order valence-corrected chi connectivity index (χ3v) is 3.67. The Kier molecular flexibility index (Phi) is 2.71. The third kappa shape index (κ3) is 1.85. The summed E-state index contributed by atoms with van der Waals surface area (Å²) in [4.78, 5) is 22.9. The first-order valence-electron chi connectivity index (χ1n) is 6.16. The van der Waals surface area contributed by atoms with Crippen molar-refractivity contribution in [2.45, 2.75) is 5.92 Å². The maximum Gasteiger partial charge on any atom is 0.316 e. The molecule has 19 heavy (non-hydrogen) atoms. The van der Waals surface area contributed by atoms with Gasteiger partial charge >= 0.3 is 5.97 Å². The normalized spacial score (nSPS) is 22.4. The van der Waals surface area contributed by atoms with Crippen LogP contribution in [0.4, 0.5) is 0 Å². The van der Waals surface area contributed by atoms with Gasteiger partial charge in [-0.2, -0.15) is 0 Å². The Labute approximate surface area is 110 Å². The first-order chi connectivity index (χ1) is 9.18. The molecule has 1 amide bonds. The lowest BCUT2D eigenvalue weighted by molar-refractivity contribution is -0.145. The van der Waals surface area contributed by atoms with E-state index in [4.69, 9.17) is 0 Å². The average Bonchev–Trinajstić information content (AvgIpc) is 2.80. The monoisotopic (exact) mass is 255 g/mol. The number of carboxylic acids is 1. The van der Waals surface area contributed by atoms with E-state index in [0.29, 0.717) is 6.54 Å². The van der Waals surface area contributed by atoms with Crippen molar-refractivity contribution in [2.75, 3.05) is 6.54 Å². The Balaban J connectivity index is 2.14. The molecule has 0 aromatic heterocycles. The maximum atomic E-state index is 11.6. The Morgan fingerprint density at radius 2 is 1.89 bits per heavy atom. The van der Waals surface area contributed by atoms with E-state index in [9.17, 15) is 14.7 Å². The van der Waals surface area contributed by atoms with Gasteiger partial charge in [-0.15, -0.1) is 0 Å². The van der Waals surface area contributed by atoms with Crippen LogP contribution in [0.5, 0.6) is 0 Å². The fourth-order valence-corrected chi connectivity index (χ4v) is 2.77. The number of carbonyl (C=O) groups excluding carboxylic acids is 1. The Morgan fingerprint density at radius 1 is 1.16 bits per heavy atom. The van der Waals surface area contributed by atoms with Crippen LogP contribution in [0.3, 0.4) is 0 Å². The molecule has 0 aliphatic carbocycles. The highest BCUT2D eigenvalue weighted by Crippen LogP contribution is 2.33. The van der Waals surface area contributed by atoms with Crippen molar-refractivity contribution < 1.29 is 14.7 Å². The minimum absolute atomic E-state index is 0.309. The fourth-order valence-electron chi connectivity index (χ4n) is 2.77. The molecule has 0 radical (unpaired) electrons. The van der Waals surface area contributed by atoms with E-state index in [0.717, 1.165) is 16.3 Å². The van der Waals surface area contributed by atoms with E-state index in [1.807, 2.05) is 42.5 Å². The number of nitrogens with one attached hydrogen (secondary N) is 1. The minimum atomic E-state index is -1.06. The van der Waals surface area contributed by atoms with Gasteiger partial charge in [-0.1, -0.05) is 42.5 Å². The van der Waals surface area contributed by atoms with Crippen LogP contribution in [0.2, 0.25) is 0 Å². The number of amides is 1. The van der Waals surface area contributed by atoms with Gasteiger partial charge in [0.2, 0.25) is 5.91 Å². The van der Waals surface area contributed by atoms with Gasteiger partial charge in [-0.05, 0) is 16.3 Å². The van der Waals surface area contributed by atoms with E-state index in [-0.39, 0.29) is 5.92 Å². The van der Waals surface area contributed by atoms with Gasteiger partial charge in [0.15, 0.2) is 0 Å². The van der Waals surface area contributed by atoms with E-state index < -0.39 is 17.8 Å². The molecule has 2 aromatic carbocycles. The molecule has 1 aliphatic heterocycles. The topological polar surface area (TPSA) is 66.4 Å². The van der Waals surface area contributed by atoms with Crippen molar-refractivity contribution in [3.05, 3.63) is 48.0 Å². The molecule has 2 atom stereocenters. The molecule has 2 aromatic rings. The summed E-state index contributed by atoms with van der Waals surface area (Å²) < 4.78 is 0. The third-order valence-electron chi connectivity index (χ3n) is 3.67. The summed E-state index contributed by atoms with van der Waals surface area (Å²) in [5.41, 5.74) is 0.920. The molecule has 1 aliphatic rings. The SMILES string of the molecule is O=C(O)[C@H]1C(=O)NC[C@H]1c1cccc2ccccc12. The Morgan fingerprint density at radius 3 is 2.68 bits per heavy atom. The van der Waals surface area contributed by atoms with Gasteiger partial charge in [-0.25, -0.2) is 0 Å². The van der Waals surface area contributed by atoms with Crippen LogP contribution in [0, 0.1) is 5.92 Å². The van der Waals surface area contributed by atoms with E-state index in [2.05, 4.69) is 5.32 Å². The zero-order valence-corrected chi connectivity index (χ0v) is 10.2. The smallest absolute Gasteiger partial charge is 0.316 e. The quantitative estimate of drug-likeness (QED) is 0.803. The van der Waals surface area contributed by atoms with Crippen molar-refractivity contribution >= 4 is 22.6 Å². The summed E-state index contributed by atoms with van der Waals surface area (Å²) in [5.74, 6) is -2.76. The lowest BCUT2D eigenvalue weighted by atomic mass is 9.86. The first-order valence-corrected chi connectivity index (χ1v) is 6.16. The molecule has 1 fully saturated rings. The van der Waals surface area contributed by atoms with Crippen molar-refractivity contribution in [1.29, 1.82) is 0 Å².